The average molecular weight is 182 g/mol. The molecule has 1 saturated heterocycles. The molecule has 0 aromatic rings. The fourth-order valence-electron chi connectivity index (χ4n) is 0.892. The molecule has 10 heavy (non-hydrogen) atoms. The summed E-state index contributed by atoms with van der Waals surface area (Å²) in [5.74, 6) is 0.740. The largest absolute Gasteiger partial charge is 0.366 e. The lowest BCUT2D eigenvalue weighted by Gasteiger charge is -2.17. The van der Waals surface area contributed by atoms with E-state index in [1.807, 2.05) is 0 Å². The van der Waals surface area contributed by atoms with Crippen molar-refractivity contribution in [3.05, 3.63) is 0 Å². The minimum Gasteiger partial charge on any atom is -0.366 e. The Morgan fingerprint density at radius 2 is 2.20 bits per heavy atom. The molecule has 1 fully saturated rings. The van der Waals surface area contributed by atoms with Gasteiger partial charge in [-0.1, -0.05) is 0 Å². The molecule has 1 rings (SSSR count). The third kappa shape index (κ3) is 1.31. The Kier molecular flexibility index (Phi) is 2.00. The van der Waals surface area contributed by atoms with Crippen LogP contribution in [0.5, 0.6) is 0 Å². The van der Waals surface area contributed by atoms with Crippen molar-refractivity contribution in [2.24, 2.45) is 0 Å². The molecular weight excluding hydrogens is 172 g/mol. The molecule has 1 N–H and O–H groups in total. The highest BCUT2D eigenvalue weighted by Gasteiger charge is 2.41. The summed E-state index contributed by atoms with van der Waals surface area (Å²) < 4.78 is 20.3. The maximum absolute atomic E-state index is 10.9. The molecule has 0 radical (unpaired) electrons. The molecule has 1 aliphatic rings. The zero-order chi connectivity index (χ0) is 7.83. The molecule has 1 aliphatic heterocycles. The summed E-state index contributed by atoms with van der Waals surface area (Å²) in [6.07, 6.45) is 2.23. The average Bonchev–Trinajstić information content (AvgIpc) is 2.13. The van der Waals surface area contributed by atoms with E-state index in [1.165, 1.54) is 0 Å². The Morgan fingerprint density at radius 3 is 2.40 bits per heavy atom. The van der Waals surface area contributed by atoms with Crippen LogP contribution in [0.4, 0.5) is 0 Å². The predicted octanol–water partition coefficient (Wildman–Crippen LogP) is 0.204. The lowest BCUT2D eigenvalue weighted by atomic mass is 10.4. The fourth-order valence-corrected chi connectivity index (χ4v) is 3.41. The standard InChI is InChI=1S/C5H10O3S2/c1-10(7,8)5(6)3-2-4-9-5/h6H,2-4H2,1H3. The van der Waals surface area contributed by atoms with E-state index in [0.717, 1.165) is 30.2 Å². The molecular formula is C5H10O3S2. The first-order valence-electron chi connectivity index (χ1n) is 3.02. The summed E-state index contributed by atoms with van der Waals surface area (Å²) in [6, 6.07) is 0. The number of rotatable bonds is 1. The van der Waals surface area contributed by atoms with Crippen LogP contribution in [0.2, 0.25) is 0 Å². The molecule has 1 atom stereocenters. The lowest BCUT2D eigenvalue weighted by molar-refractivity contribution is 0.213. The van der Waals surface area contributed by atoms with Crippen LogP contribution < -0.4 is 0 Å². The Labute approximate surface area is 64.7 Å². The molecule has 60 valence electrons. The van der Waals surface area contributed by atoms with Gasteiger partial charge < -0.3 is 5.11 Å². The van der Waals surface area contributed by atoms with Gasteiger partial charge in [-0.2, -0.15) is 0 Å². The van der Waals surface area contributed by atoms with Gasteiger partial charge in [0.25, 0.3) is 0 Å². The van der Waals surface area contributed by atoms with Crippen LogP contribution in [-0.4, -0.2) is 29.8 Å². The van der Waals surface area contributed by atoms with Gasteiger partial charge in [0.2, 0.25) is 4.27 Å². The van der Waals surface area contributed by atoms with Gasteiger partial charge >= 0.3 is 0 Å². The molecule has 0 saturated carbocycles. The smallest absolute Gasteiger partial charge is 0.212 e. The molecule has 1 unspecified atom stereocenters. The third-order valence-electron chi connectivity index (χ3n) is 1.54. The highest BCUT2D eigenvalue weighted by atomic mass is 32.3. The number of hydrogen-bond donors (Lipinski definition) is 1. The Balaban J connectivity index is 2.88. The second-order valence-electron chi connectivity index (χ2n) is 2.44. The molecule has 0 aromatic carbocycles. The summed E-state index contributed by atoms with van der Waals surface area (Å²) >= 11 is 1.12. The van der Waals surface area contributed by atoms with E-state index in [9.17, 15) is 13.5 Å². The van der Waals surface area contributed by atoms with E-state index < -0.39 is 14.1 Å². The Hall–Kier alpha value is 0.260. The first kappa shape index (κ1) is 8.36. The number of sulfone groups is 1. The van der Waals surface area contributed by atoms with Crippen LogP contribution in [-0.2, 0) is 9.84 Å². The van der Waals surface area contributed by atoms with Crippen molar-refractivity contribution in [3.63, 3.8) is 0 Å². The van der Waals surface area contributed by atoms with Crippen LogP contribution in [0.25, 0.3) is 0 Å². The highest BCUT2D eigenvalue weighted by Crippen LogP contribution is 2.39. The summed E-state index contributed by atoms with van der Waals surface area (Å²) in [6.45, 7) is 0. The first-order valence-corrected chi connectivity index (χ1v) is 5.89. The number of hydrogen-bond acceptors (Lipinski definition) is 4. The minimum absolute atomic E-state index is 0.372. The van der Waals surface area contributed by atoms with Crippen LogP contribution in [0.15, 0.2) is 0 Å². The van der Waals surface area contributed by atoms with E-state index in [2.05, 4.69) is 0 Å². The van der Waals surface area contributed by atoms with Crippen LogP contribution in [0, 0.1) is 0 Å². The quantitative estimate of drug-likeness (QED) is 0.629. The maximum atomic E-state index is 10.9. The van der Waals surface area contributed by atoms with Gasteiger partial charge in [0.05, 0.1) is 0 Å². The van der Waals surface area contributed by atoms with Crippen molar-refractivity contribution in [1.29, 1.82) is 0 Å². The van der Waals surface area contributed by atoms with Gasteiger partial charge in [-0.3, -0.25) is 0 Å². The van der Waals surface area contributed by atoms with E-state index in [1.54, 1.807) is 0 Å². The van der Waals surface area contributed by atoms with E-state index in [-0.39, 0.29) is 0 Å². The summed E-state index contributed by atoms with van der Waals surface area (Å²) in [5.41, 5.74) is 0. The zero-order valence-corrected chi connectivity index (χ0v) is 7.33. The van der Waals surface area contributed by atoms with Gasteiger partial charge in [0, 0.05) is 12.7 Å². The van der Waals surface area contributed by atoms with Gasteiger partial charge in [-0.05, 0) is 12.2 Å². The monoisotopic (exact) mass is 182 g/mol. The van der Waals surface area contributed by atoms with Gasteiger partial charge in [-0.25, -0.2) is 8.42 Å². The SMILES string of the molecule is CS(=O)(=O)C1(O)CCCS1. The third-order valence-corrected chi connectivity index (χ3v) is 5.32. The Morgan fingerprint density at radius 1 is 1.60 bits per heavy atom. The van der Waals surface area contributed by atoms with Crippen LogP contribution in [0.1, 0.15) is 12.8 Å². The van der Waals surface area contributed by atoms with Crippen molar-refractivity contribution >= 4 is 21.6 Å². The van der Waals surface area contributed by atoms with Gasteiger partial charge in [0.15, 0.2) is 9.84 Å². The highest BCUT2D eigenvalue weighted by molar-refractivity contribution is 8.14. The molecule has 0 bridgehead atoms. The lowest BCUT2D eigenvalue weighted by Crippen LogP contribution is -2.30. The van der Waals surface area contributed by atoms with Crippen molar-refractivity contribution in [2.75, 3.05) is 12.0 Å². The molecule has 0 aromatic heterocycles. The zero-order valence-electron chi connectivity index (χ0n) is 5.70. The molecule has 1 heterocycles. The minimum atomic E-state index is -3.28. The topological polar surface area (TPSA) is 54.4 Å². The Bertz CT molecular complexity index is 213. The molecule has 0 amide bonds. The van der Waals surface area contributed by atoms with E-state index in [4.69, 9.17) is 0 Å². The van der Waals surface area contributed by atoms with Crippen molar-refractivity contribution in [1.82, 2.24) is 0 Å². The fraction of sp³-hybridized carbons (Fsp3) is 1.00. The van der Waals surface area contributed by atoms with Crippen molar-refractivity contribution in [2.45, 2.75) is 17.1 Å². The van der Waals surface area contributed by atoms with Gasteiger partial charge in [0.1, 0.15) is 0 Å². The molecule has 0 aliphatic carbocycles. The molecule has 5 heteroatoms. The number of aliphatic hydroxyl groups is 1. The maximum Gasteiger partial charge on any atom is 0.212 e. The predicted molar refractivity (Wildman–Crippen MR) is 41.5 cm³/mol. The van der Waals surface area contributed by atoms with E-state index in [0.29, 0.717) is 6.42 Å². The van der Waals surface area contributed by atoms with E-state index >= 15 is 0 Å². The van der Waals surface area contributed by atoms with Crippen LogP contribution >= 0.6 is 11.8 Å². The summed E-state index contributed by atoms with van der Waals surface area (Å²) in [4.78, 5) is 0. The number of thioether (sulfide) groups is 1. The van der Waals surface area contributed by atoms with Crippen LogP contribution in [0.3, 0.4) is 0 Å². The second-order valence-corrected chi connectivity index (χ2v) is 6.29. The molecule has 3 nitrogen and oxygen atoms in total. The first-order chi connectivity index (χ1) is 4.46. The summed E-state index contributed by atoms with van der Waals surface area (Å²) in [7, 11) is -3.28. The second kappa shape index (κ2) is 2.39. The normalized spacial score (nSPS) is 34.6. The summed E-state index contributed by atoms with van der Waals surface area (Å²) in [5, 5.41) is 9.40. The van der Waals surface area contributed by atoms with Crippen molar-refractivity contribution < 1.29 is 13.5 Å². The van der Waals surface area contributed by atoms with Crippen molar-refractivity contribution in [3.8, 4) is 0 Å². The molecule has 0 spiro atoms. The van der Waals surface area contributed by atoms with Gasteiger partial charge in [-0.15, -0.1) is 11.8 Å².